The van der Waals surface area contributed by atoms with E-state index in [0.29, 0.717) is 0 Å². The molecule has 0 aromatic heterocycles. The van der Waals surface area contributed by atoms with Crippen molar-refractivity contribution in [2.45, 2.75) is 84.0 Å². The van der Waals surface area contributed by atoms with E-state index in [0.717, 1.165) is 4.57 Å². The molecule has 0 spiro atoms. The molecular weight excluding hydrogens is 427 g/mol. The zero-order valence-corrected chi connectivity index (χ0v) is 21.6. The summed E-state index contributed by atoms with van der Waals surface area (Å²) < 4.78 is 46.8. The van der Waals surface area contributed by atoms with Gasteiger partial charge in [-0.15, -0.1) is 0 Å². The number of halogens is 3. The van der Waals surface area contributed by atoms with Crippen molar-refractivity contribution >= 4 is 34.1 Å². The third kappa shape index (κ3) is 5.54. The van der Waals surface area contributed by atoms with Crippen molar-refractivity contribution in [3.63, 3.8) is 0 Å². The van der Waals surface area contributed by atoms with E-state index >= 15 is 0 Å². The second-order valence-corrected chi connectivity index (χ2v) is 20.4. The van der Waals surface area contributed by atoms with E-state index in [1.165, 1.54) is 24.3 Å². The molecule has 1 amide bonds. The highest BCUT2D eigenvalue weighted by Crippen LogP contribution is 2.42. The van der Waals surface area contributed by atoms with Gasteiger partial charge in [0.15, 0.2) is 8.24 Å². The second kappa shape index (κ2) is 8.14. The summed E-state index contributed by atoms with van der Waals surface area (Å²) in [4.78, 5) is 24.9. The average Bonchev–Trinajstić information content (AvgIpc) is 2.51. The van der Waals surface area contributed by atoms with Crippen LogP contribution < -0.4 is 4.57 Å². The summed E-state index contributed by atoms with van der Waals surface area (Å²) in [6.45, 7) is 18.9. The molecule has 0 saturated heterocycles. The van der Waals surface area contributed by atoms with Crippen molar-refractivity contribution < 1.29 is 27.2 Å². The van der Waals surface area contributed by atoms with Crippen LogP contribution in [-0.2, 0) is 9.22 Å². The van der Waals surface area contributed by atoms with Crippen LogP contribution in [0, 0.1) is 0 Å². The molecule has 4 nitrogen and oxygen atoms in total. The number of carbonyl (C=O) groups is 2. The van der Waals surface area contributed by atoms with Crippen LogP contribution in [0.15, 0.2) is 24.3 Å². The van der Waals surface area contributed by atoms with Crippen LogP contribution in [0.3, 0.4) is 0 Å². The fraction of sp³-hybridized carbons (Fsp3) is 0.619. The van der Waals surface area contributed by atoms with Gasteiger partial charge in [-0.2, -0.15) is 13.2 Å². The lowest BCUT2D eigenvalue weighted by molar-refractivity contribution is -0.169. The standard InChI is InChI=1S/C21H34F3NO3Si2/c1-19(2,3)29(7,8)25(18(27)21(22,23)24)16-13-11-15(12-14-16)17(26)28-30(9,10)20(4,5)6/h11-14H,1-10H3. The highest BCUT2D eigenvalue weighted by molar-refractivity contribution is 6.86. The number of anilines is 1. The molecule has 0 bridgehead atoms. The lowest BCUT2D eigenvalue weighted by Gasteiger charge is -2.45. The fourth-order valence-electron chi connectivity index (χ4n) is 2.35. The van der Waals surface area contributed by atoms with Gasteiger partial charge in [0.05, 0.1) is 5.56 Å². The van der Waals surface area contributed by atoms with Gasteiger partial charge in [-0.05, 0) is 47.4 Å². The summed E-state index contributed by atoms with van der Waals surface area (Å²) in [7, 11) is -5.24. The van der Waals surface area contributed by atoms with Crippen molar-refractivity contribution in [2.24, 2.45) is 0 Å². The zero-order chi connectivity index (χ0) is 23.9. The minimum Gasteiger partial charge on any atom is -0.516 e. The van der Waals surface area contributed by atoms with E-state index in [9.17, 15) is 22.8 Å². The summed E-state index contributed by atoms with van der Waals surface area (Å²) in [5.41, 5.74) is 0.381. The van der Waals surface area contributed by atoms with Gasteiger partial charge in [0.2, 0.25) is 0 Å². The molecule has 0 aliphatic rings. The Hall–Kier alpha value is -1.62. The highest BCUT2D eigenvalue weighted by Gasteiger charge is 2.52. The largest absolute Gasteiger partial charge is 0.516 e. The van der Waals surface area contributed by atoms with Gasteiger partial charge in [0.1, 0.15) is 0 Å². The van der Waals surface area contributed by atoms with Crippen LogP contribution in [0.2, 0.25) is 36.3 Å². The van der Waals surface area contributed by atoms with E-state index in [2.05, 4.69) is 0 Å². The molecule has 0 unspecified atom stereocenters. The van der Waals surface area contributed by atoms with E-state index in [4.69, 9.17) is 4.43 Å². The normalized spacial score (nSPS) is 13.8. The van der Waals surface area contributed by atoms with Crippen LogP contribution in [0.4, 0.5) is 18.9 Å². The molecule has 0 aliphatic heterocycles. The van der Waals surface area contributed by atoms with Gasteiger partial charge in [-0.25, -0.2) is 4.79 Å². The maximum absolute atomic E-state index is 13.4. The minimum atomic E-state index is -4.99. The molecule has 9 heteroatoms. The van der Waals surface area contributed by atoms with Gasteiger partial charge in [-0.1, -0.05) is 54.6 Å². The Morgan fingerprint density at radius 2 is 1.27 bits per heavy atom. The number of alkyl halides is 3. The van der Waals surface area contributed by atoms with E-state index in [1.807, 2.05) is 54.6 Å². The Morgan fingerprint density at radius 1 is 0.833 bits per heavy atom. The predicted octanol–water partition coefficient (Wildman–Crippen LogP) is 6.75. The van der Waals surface area contributed by atoms with Gasteiger partial charge < -0.3 is 8.99 Å². The number of rotatable bonds is 4. The molecule has 1 rings (SSSR count). The van der Waals surface area contributed by atoms with Crippen LogP contribution in [0.1, 0.15) is 51.9 Å². The van der Waals surface area contributed by atoms with Gasteiger partial charge >= 0.3 is 18.1 Å². The first-order valence-corrected chi connectivity index (χ1v) is 15.7. The smallest absolute Gasteiger partial charge is 0.470 e. The van der Waals surface area contributed by atoms with Crippen LogP contribution >= 0.6 is 0 Å². The minimum absolute atomic E-state index is 0.132. The fourth-order valence-corrected chi connectivity index (χ4v) is 5.33. The van der Waals surface area contributed by atoms with Gasteiger partial charge in [0.25, 0.3) is 8.32 Å². The van der Waals surface area contributed by atoms with Crippen molar-refractivity contribution in [3.8, 4) is 0 Å². The maximum atomic E-state index is 13.4. The molecule has 0 radical (unpaired) electrons. The van der Waals surface area contributed by atoms with Crippen molar-refractivity contribution in [3.05, 3.63) is 29.8 Å². The molecule has 0 fully saturated rings. The monoisotopic (exact) mass is 461 g/mol. The topological polar surface area (TPSA) is 46.6 Å². The van der Waals surface area contributed by atoms with E-state index in [-0.39, 0.29) is 16.3 Å². The van der Waals surface area contributed by atoms with E-state index < -0.39 is 39.6 Å². The van der Waals surface area contributed by atoms with Gasteiger partial charge in [0, 0.05) is 5.69 Å². The van der Waals surface area contributed by atoms with E-state index in [1.54, 1.807) is 13.1 Å². The molecule has 0 heterocycles. The molecule has 0 aliphatic carbocycles. The lowest BCUT2D eigenvalue weighted by atomic mass is 10.2. The number of amides is 1. The maximum Gasteiger partial charge on any atom is 0.470 e. The number of nitrogens with zero attached hydrogens (tertiary/aromatic N) is 1. The Labute approximate surface area is 180 Å². The van der Waals surface area contributed by atoms with Gasteiger partial charge in [-0.3, -0.25) is 4.79 Å². The third-order valence-corrected chi connectivity index (χ3v) is 15.9. The lowest BCUT2D eigenvalue weighted by Crippen LogP contribution is -2.61. The summed E-state index contributed by atoms with van der Waals surface area (Å²) in [6.07, 6.45) is -4.99. The number of hydrogen-bond acceptors (Lipinski definition) is 3. The van der Waals surface area contributed by atoms with Crippen LogP contribution in [0.25, 0.3) is 0 Å². The van der Waals surface area contributed by atoms with Crippen molar-refractivity contribution in [1.29, 1.82) is 0 Å². The number of hydrogen-bond donors (Lipinski definition) is 0. The zero-order valence-electron chi connectivity index (χ0n) is 19.6. The second-order valence-electron chi connectivity index (χ2n) is 10.6. The highest BCUT2D eigenvalue weighted by atomic mass is 28.4. The first-order valence-electron chi connectivity index (χ1n) is 9.88. The SMILES string of the molecule is CC(C)(C)[Si](C)(C)OC(=O)c1ccc(N(C(=O)C(F)(F)F)[Si](C)(C)C(C)(C)C)cc1. The average molecular weight is 462 g/mol. The summed E-state index contributed by atoms with van der Waals surface area (Å²) in [5.74, 6) is -2.39. The quantitative estimate of drug-likeness (QED) is 0.466. The molecule has 30 heavy (non-hydrogen) atoms. The summed E-state index contributed by atoms with van der Waals surface area (Å²) in [5, 5.41) is -0.672. The van der Waals surface area contributed by atoms with Crippen molar-refractivity contribution in [1.82, 2.24) is 0 Å². The summed E-state index contributed by atoms with van der Waals surface area (Å²) >= 11 is 0. The molecule has 170 valence electrons. The third-order valence-electron chi connectivity index (χ3n) is 6.36. The Morgan fingerprint density at radius 3 is 1.60 bits per heavy atom. The molecule has 1 aromatic carbocycles. The Balaban J connectivity index is 3.35. The predicted molar refractivity (Wildman–Crippen MR) is 120 cm³/mol. The van der Waals surface area contributed by atoms with Crippen LogP contribution in [-0.4, -0.2) is 34.6 Å². The summed E-state index contributed by atoms with van der Waals surface area (Å²) in [6, 6.07) is 5.64. The molecule has 1 aromatic rings. The first kappa shape index (κ1) is 26.4. The number of benzene rings is 1. The van der Waals surface area contributed by atoms with Crippen LogP contribution in [0.5, 0.6) is 0 Å². The number of carbonyl (C=O) groups excluding carboxylic acids is 2. The van der Waals surface area contributed by atoms with Crippen molar-refractivity contribution in [2.75, 3.05) is 4.57 Å². The Kier molecular flexibility index (Phi) is 7.17. The molecule has 0 atom stereocenters. The Bertz CT molecular complexity index is 790. The first-order chi connectivity index (χ1) is 13.1. The molecular formula is C21H34F3NO3Si2. The molecule has 0 N–H and O–H groups in total. The molecule has 0 saturated carbocycles.